The van der Waals surface area contributed by atoms with Gasteiger partial charge in [0.25, 0.3) is 0 Å². The maximum absolute atomic E-state index is 12.7. The van der Waals surface area contributed by atoms with Crippen LogP contribution < -0.4 is 5.32 Å². The number of likely N-dealkylation sites (tertiary alicyclic amines) is 1. The number of nitrogens with zero attached hydrogens (tertiary/aromatic N) is 2. The van der Waals surface area contributed by atoms with Crippen LogP contribution in [-0.2, 0) is 22.6 Å². The summed E-state index contributed by atoms with van der Waals surface area (Å²) in [4.78, 5) is 29.5. The number of carbonyl (C=O) groups excluding carboxylic acids is 2. The predicted molar refractivity (Wildman–Crippen MR) is 128 cm³/mol. The van der Waals surface area contributed by atoms with Gasteiger partial charge in [0.1, 0.15) is 0 Å². The maximum Gasteiger partial charge on any atom is 0.246 e. The number of rotatable bonds is 6. The van der Waals surface area contributed by atoms with Gasteiger partial charge in [-0.15, -0.1) is 0 Å². The fourth-order valence-electron chi connectivity index (χ4n) is 4.61. The van der Waals surface area contributed by atoms with Crippen LogP contribution in [0.4, 0.5) is 0 Å². The third-order valence-corrected chi connectivity index (χ3v) is 6.75. The van der Waals surface area contributed by atoms with Crippen LogP contribution in [0.1, 0.15) is 36.5 Å². The number of hydrogen-bond acceptors (Lipinski definition) is 3. The molecule has 2 amide bonds. The summed E-state index contributed by atoms with van der Waals surface area (Å²) in [5.74, 6) is 0.138. The standard InChI is InChI=1S/C27H33N3O2/c1-21(30-18-13-23-9-5-6-10-25(23)20-30)19-28-27(32)24-14-16-29(17-15-24)26(31)12-11-22-7-3-2-4-8-22/h2-12,21,24H,13-20H2,1H3,(H,28,32)/b12-11+. The van der Waals surface area contributed by atoms with E-state index in [1.807, 2.05) is 41.3 Å². The number of benzene rings is 2. The second-order valence-corrected chi connectivity index (χ2v) is 8.93. The van der Waals surface area contributed by atoms with Gasteiger partial charge in [-0.3, -0.25) is 14.5 Å². The Kier molecular flexibility index (Phi) is 7.38. The molecule has 1 unspecified atom stereocenters. The highest BCUT2D eigenvalue weighted by Crippen LogP contribution is 2.21. The summed E-state index contributed by atoms with van der Waals surface area (Å²) in [6.45, 7) is 6.10. The van der Waals surface area contributed by atoms with E-state index in [0.717, 1.165) is 37.9 Å². The smallest absolute Gasteiger partial charge is 0.246 e. The maximum atomic E-state index is 12.7. The van der Waals surface area contributed by atoms with Crippen molar-refractivity contribution in [2.75, 3.05) is 26.2 Å². The summed E-state index contributed by atoms with van der Waals surface area (Å²) >= 11 is 0. The predicted octanol–water partition coefficient (Wildman–Crippen LogP) is 3.50. The molecule has 0 spiro atoms. The molecule has 0 radical (unpaired) electrons. The summed E-state index contributed by atoms with van der Waals surface area (Å²) in [5.41, 5.74) is 3.86. The Labute approximate surface area is 191 Å². The van der Waals surface area contributed by atoms with Crippen LogP contribution in [-0.4, -0.2) is 53.8 Å². The van der Waals surface area contributed by atoms with Crippen molar-refractivity contribution in [2.45, 2.75) is 38.8 Å². The summed E-state index contributed by atoms with van der Waals surface area (Å²) in [5, 5.41) is 3.17. The molecular weight excluding hydrogens is 398 g/mol. The fraction of sp³-hybridized carbons (Fsp3) is 0.407. The van der Waals surface area contributed by atoms with Crippen molar-refractivity contribution in [1.82, 2.24) is 15.1 Å². The van der Waals surface area contributed by atoms with Crippen LogP contribution in [0.3, 0.4) is 0 Å². The molecule has 0 aromatic heterocycles. The number of amides is 2. The Morgan fingerprint density at radius 3 is 2.44 bits per heavy atom. The number of hydrogen-bond donors (Lipinski definition) is 1. The van der Waals surface area contributed by atoms with E-state index < -0.39 is 0 Å². The lowest BCUT2D eigenvalue weighted by atomic mass is 9.95. The van der Waals surface area contributed by atoms with Crippen molar-refractivity contribution in [2.24, 2.45) is 5.92 Å². The molecule has 1 fully saturated rings. The van der Waals surface area contributed by atoms with Gasteiger partial charge in [0.15, 0.2) is 0 Å². The molecule has 32 heavy (non-hydrogen) atoms. The third-order valence-electron chi connectivity index (χ3n) is 6.75. The van der Waals surface area contributed by atoms with E-state index in [0.29, 0.717) is 25.7 Å². The van der Waals surface area contributed by atoms with E-state index in [-0.39, 0.29) is 17.7 Å². The zero-order valence-corrected chi connectivity index (χ0v) is 18.9. The van der Waals surface area contributed by atoms with Gasteiger partial charge in [-0.05, 0) is 49.0 Å². The lowest BCUT2D eigenvalue weighted by molar-refractivity contribution is -0.132. The van der Waals surface area contributed by atoms with Gasteiger partial charge >= 0.3 is 0 Å². The molecule has 1 N–H and O–H groups in total. The third kappa shape index (κ3) is 5.65. The zero-order valence-electron chi connectivity index (χ0n) is 18.9. The number of carbonyl (C=O) groups is 2. The summed E-state index contributed by atoms with van der Waals surface area (Å²) in [6.07, 6.45) is 6.00. The minimum atomic E-state index is -0.00793. The SMILES string of the molecule is CC(CNC(=O)C1CCN(C(=O)/C=C/c2ccccc2)CC1)N1CCc2ccccc2C1. The second-order valence-electron chi connectivity index (χ2n) is 8.93. The van der Waals surface area contributed by atoms with Gasteiger partial charge in [0, 0.05) is 50.8 Å². The van der Waals surface area contributed by atoms with Gasteiger partial charge in [-0.25, -0.2) is 0 Å². The van der Waals surface area contributed by atoms with Crippen molar-refractivity contribution in [1.29, 1.82) is 0 Å². The van der Waals surface area contributed by atoms with E-state index in [2.05, 4.69) is 41.4 Å². The highest BCUT2D eigenvalue weighted by Gasteiger charge is 2.27. The van der Waals surface area contributed by atoms with Crippen LogP contribution >= 0.6 is 0 Å². The lowest BCUT2D eigenvalue weighted by Crippen LogP contribution is -2.47. The first-order valence-electron chi connectivity index (χ1n) is 11.7. The largest absolute Gasteiger partial charge is 0.354 e. The van der Waals surface area contributed by atoms with Crippen LogP contribution in [0.25, 0.3) is 6.08 Å². The Morgan fingerprint density at radius 1 is 1.00 bits per heavy atom. The molecule has 168 valence electrons. The van der Waals surface area contributed by atoms with E-state index in [4.69, 9.17) is 0 Å². The molecule has 2 aromatic carbocycles. The normalized spacial score (nSPS) is 18.3. The molecular formula is C27H33N3O2. The molecule has 2 aliphatic rings. The Bertz CT molecular complexity index is 948. The van der Waals surface area contributed by atoms with Crippen molar-refractivity contribution in [3.8, 4) is 0 Å². The highest BCUT2D eigenvalue weighted by molar-refractivity contribution is 5.92. The van der Waals surface area contributed by atoms with E-state index in [1.54, 1.807) is 6.08 Å². The van der Waals surface area contributed by atoms with E-state index in [1.165, 1.54) is 11.1 Å². The first-order chi connectivity index (χ1) is 15.6. The van der Waals surface area contributed by atoms with Crippen LogP contribution in [0, 0.1) is 5.92 Å². The first kappa shape index (κ1) is 22.3. The van der Waals surface area contributed by atoms with Crippen molar-refractivity contribution < 1.29 is 9.59 Å². The fourth-order valence-corrected chi connectivity index (χ4v) is 4.61. The molecule has 0 aliphatic carbocycles. The second kappa shape index (κ2) is 10.6. The average Bonchev–Trinajstić information content (AvgIpc) is 2.86. The molecule has 4 rings (SSSR count). The summed E-state index contributed by atoms with van der Waals surface area (Å²) < 4.78 is 0. The van der Waals surface area contributed by atoms with Gasteiger partial charge in [0.2, 0.25) is 11.8 Å². The van der Waals surface area contributed by atoms with Gasteiger partial charge in [-0.1, -0.05) is 54.6 Å². The van der Waals surface area contributed by atoms with Crippen LogP contribution in [0.15, 0.2) is 60.7 Å². The van der Waals surface area contributed by atoms with Crippen molar-refractivity contribution in [3.05, 3.63) is 77.4 Å². The Balaban J connectivity index is 1.19. The van der Waals surface area contributed by atoms with Gasteiger partial charge in [0.05, 0.1) is 0 Å². The molecule has 0 saturated carbocycles. The number of piperidine rings is 1. The van der Waals surface area contributed by atoms with Gasteiger partial charge in [-0.2, -0.15) is 0 Å². The van der Waals surface area contributed by atoms with Crippen LogP contribution in [0.2, 0.25) is 0 Å². The molecule has 5 heteroatoms. The first-order valence-corrected chi connectivity index (χ1v) is 11.7. The monoisotopic (exact) mass is 431 g/mol. The highest BCUT2D eigenvalue weighted by atomic mass is 16.2. The molecule has 1 saturated heterocycles. The molecule has 2 aliphatic heterocycles. The Morgan fingerprint density at radius 2 is 1.69 bits per heavy atom. The quantitative estimate of drug-likeness (QED) is 0.713. The van der Waals surface area contributed by atoms with E-state index in [9.17, 15) is 9.59 Å². The Hall–Kier alpha value is -2.92. The number of fused-ring (bicyclic) bond motifs is 1. The van der Waals surface area contributed by atoms with Crippen molar-refractivity contribution in [3.63, 3.8) is 0 Å². The lowest BCUT2D eigenvalue weighted by Gasteiger charge is -2.34. The van der Waals surface area contributed by atoms with Gasteiger partial charge < -0.3 is 10.2 Å². The molecule has 2 heterocycles. The molecule has 0 bridgehead atoms. The van der Waals surface area contributed by atoms with E-state index >= 15 is 0 Å². The molecule has 2 aromatic rings. The minimum absolute atomic E-state index is 0.00793. The zero-order chi connectivity index (χ0) is 22.3. The minimum Gasteiger partial charge on any atom is -0.354 e. The molecule has 1 atom stereocenters. The summed E-state index contributed by atoms with van der Waals surface area (Å²) in [7, 11) is 0. The van der Waals surface area contributed by atoms with Crippen molar-refractivity contribution >= 4 is 17.9 Å². The summed E-state index contributed by atoms with van der Waals surface area (Å²) in [6, 6.07) is 18.8. The topological polar surface area (TPSA) is 52.7 Å². The number of nitrogens with one attached hydrogen (secondary N) is 1. The molecule has 5 nitrogen and oxygen atoms in total. The average molecular weight is 432 g/mol. The van der Waals surface area contributed by atoms with Crippen LogP contribution in [0.5, 0.6) is 0 Å².